The summed E-state index contributed by atoms with van der Waals surface area (Å²) in [5.41, 5.74) is 15.2. The molecule has 0 radical (unpaired) electrons. The van der Waals surface area contributed by atoms with E-state index in [9.17, 15) is 0 Å². The third-order valence-electron chi connectivity index (χ3n) is 4.00. The largest absolute Gasteiger partial charge is 0.397 e. The molecule has 2 heteroatoms. The van der Waals surface area contributed by atoms with E-state index in [1.54, 1.807) is 0 Å². The molecule has 0 aromatic heterocycles. The van der Waals surface area contributed by atoms with Gasteiger partial charge in [0.15, 0.2) is 0 Å². The average Bonchev–Trinajstić information content (AvgIpc) is 2.19. The summed E-state index contributed by atoms with van der Waals surface area (Å²) in [6, 6.07) is 6.05. The number of nitrogen functional groups attached to an aromatic ring is 2. The van der Waals surface area contributed by atoms with Crippen LogP contribution in [-0.2, 0) is 0 Å². The van der Waals surface area contributed by atoms with E-state index in [4.69, 9.17) is 11.5 Å². The fourth-order valence-corrected chi connectivity index (χ4v) is 3.54. The first kappa shape index (κ1) is 12.3. The summed E-state index contributed by atoms with van der Waals surface area (Å²) < 4.78 is 0. The van der Waals surface area contributed by atoms with Crippen molar-refractivity contribution in [3.8, 4) is 0 Å². The Kier molecular flexibility index (Phi) is 3.07. The van der Waals surface area contributed by atoms with Crippen LogP contribution in [0.1, 0.15) is 51.5 Å². The van der Waals surface area contributed by atoms with Crippen LogP contribution in [0.2, 0.25) is 0 Å². The first-order valence-corrected chi connectivity index (χ1v) is 6.53. The lowest BCUT2D eigenvalue weighted by atomic mass is 9.66. The zero-order valence-electron chi connectivity index (χ0n) is 11.2. The maximum absolute atomic E-state index is 6.12. The van der Waals surface area contributed by atoms with Gasteiger partial charge in [0.05, 0.1) is 11.4 Å². The first-order chi connectivity index (χ1) is 7.89. The van der Waals surface area contributed by atoms with Crippen molar-refractivity contribution < 1.29 is 0 Å². The van der Waals surface area contributed by atoms with Crippen LogP contribution in [0.3, 0.4) is 0 Å². The van der Waals surface area contributed by atoms with Crippen LogP contribution in [0.25, 0.3) is 0 Å². The van der Waals surface area contributed by atoms with Crippen LogP contribution in [0.4, 0.5) is 11.4 Å². The second-order valence-corrected chi connectivity index (χ2v) is 6.46. The van der Waals surface area contributed by atoms with Crippen molar-refractivity contribution >= 4 is 11.4 Å². The van der Waals surface area contributed by atoms with Crippen LogP contribution in [-0.4, -0.2) is 0 Å². The minimum absolute atomic E-state index is 0.416. The highest BCUT2D eigenvalue weighted by atomic mass is 14.7. The maximum Gasteiger partial charge on any atom is 0.0583 e. The third kappa shape index (κ3) is 2.56. The smallest absolute Gasteiger partial charge is 0.0583 e. The molecule has 2 rings (SSSR count). The molecule has 2 nitrogen and oxygen atoms in total. The molecule has 17 heavy (non-hydrogen) atoms. The number of benzene rings is 1. The first-order valence-electron chi connectivity index (χ1n) is 6.53. The molecular formula is C15H24N2. The second-order valence-electron chi connectivity index (χ2n) is 6.46. The summed E-state index contributed by atoms with van der Waals surface area (Å²) in [6.07, 6.45) is 3.76. The molecule has 1 saturated carbocycles. The quantitative estimate of drug-likeness (QED) is 0.724. The summed E-state index contributed by atoms with van der Waals surface area (Å²) >= 11 is 0. The van der Waals surface area contributed by atoms with Crippen LogP contribution in [0.5, 0.6) is 0 Å². The van der Waals surface area contributed by atoms with E-state index in [-0.39, 0.29) is 0 Å². The molecule has 1 aromatic carbocycles. The van der Waals surface area contributed by atoms with Gasteiger partial charge in [-0.15, -0.1) is 0 Å². The molecule has 0 saturated heterocycles. The van der Waals surface area contributed by atoms with E-state index in [2.05, 4.69) is 26.8 Å². The molecule has 94 valence electrons. The Hall–Kier alpha value is -1.18. The molecule has 0 unspecified atom stereocenters. The van der Waals surface area contributed by atoms with E-state index in [0.717, 1.165) is 17.3 Å². The van der Waals surface area contributed by atoms with Crippen LogP contribution < -0.4 is 11.5 Å². The molecule has 1 aliphatic rings. The molecule has 4 N–H and O–H groups in total. The van der Waals surface area contributed by atoms with Crippen molar-refractivity contribution in [2.45, 2.75) is 46.0 Å². The Morgan fingerprint density at radius 2 is 1.88 bits per heavy atom. The molecule has 1 aromatic rings. The van der Waals surface area contributed by atoms with E-state index >= 15 is 0 Å². The highest BCUT2D eigenvalue weighted by Gasteiger charge is 2.33. The number of rotatable bonds is 1. The topological polar surface area (TPSA) is 52.0 Å². The molecule has 1 aliphatic carbocycles. The van der Waals surface area contributed by atoms with Gasteiger partial charge in [-0.3, -0.25) is 0 Å². The lowest BCUT2D eigenvalue weighted by molar-refractivity contribution is 0.169. The Labute approximate surface area is 104 Å². The van der Waals surface area contributed by atoms with Crippen molar-refractivity contribution in [2.24, 2.45) is 11.3 Å². The highest BCUT2D eigenvalue weighted by Crippen LogP contribution is 2.47. The minimum Gasteiger partial charge on any atom is -0.397 e. The molecule has 2 atom stereocenters. The van der Waals surface area contributed by atoms with E-state index in [0.29, 0.717) is 11.3 Å². The van der Waals surface area contributed by atoms with Gasteiger partial charge >= 0.3 is 0 Å². The van der Waals surface area contributed by atoms with Gasteiger partial charge in [0.25, 0.3) is 0 Å². The number of hydrogen-bond acceptors (Lipinski definition) is 2. The normalized spacial score (nSPS) is 27.9. The number of anilines is 2. The van der Waals surface area contributed by atoms with Gasteiger partial charge in [0.1, 0.15) is 0 Å². The fourth-order valence-electron chi connectivity index (χ4n) is 3.54. The minimum atomic E-state index is 0.416. The van der Waals surface area contributed by atoms with Gasteiger partial charge in [-0.2, -0.15) is 0 Å². The van der Waals surface area contributed by atoms with E-state index in [1.807, 2.05) is 12.1 Å². The summed E-state index contributed by atoms with van der Waals surface area (Å²) in [7, 11) is 0. The number of para-hydroxylation sites is 1. The highest BCUT2D eigenvalue weighted by molar-refractivity contribution is 5.68. The number of nitrogens with two attached hydrogens (primary N) is 2. The summed E-state index contributed by atoms with van der Waals surface area (Å²) in [4.78, 5) is 0. The van der Waals surface area contributed by atoms with Crippen molar-refractivity contribution in [3.05, 3.63) is 23.8 Å². The van der Waals surface area contributed by atoms with Crippen molar-refractivity contribution in [3.63, 3.8) is 0 Å². The Balaban J connectivity index is 2.30. The number of hydrogen-bond donors (Lipinski definition) is 2. The van der Waals surface area contributed by atoms with Gasteiger partial charge in [-0.1, -0.05) is 32.9 Å². The van der Waals surface area contributed by atoms with Gasteiger partial charge in [-0.05, 0) is 48.1 Å². The summed E-state index contributed by atoms with van der Waals surface area (Å²) in [5.74, 6) is 1.34. The van der Waals surface area contributed by atoms with Gasteiger partial charge in [0, 0.05) is 0 Å². The monoisotopic (exact) mass is 232 g/mol. The molecular weight excluding hydrogens is 208 g/mol. The SMILES string of the molecule is C[C@@H]1C[C@H](c2cccc(N)c2N)CC(C)(C)C1. The predicted molar refractivity (Wildman–Crippen MR) is 74.8 cm³/mol. The Morgan fingerprint density at radius 1 is 1.18 bits per heavy atom. The van der Waals surface area contributed by atoms with Gasteiger partial charge in [0.2, 0.25) is 0 Å². The second kappa shape index (κ2) is 4.25. The molecule has 0 amide bonds. The zero-order valence-corrected chi connectivity index (χ0v) is 11.2. The predicted octanol–water partition coefficient (Wildman–Crippen LogP) is 3.78. The molecule has 1 fully saturated rings. The zero-order chi connectivity index (χ0) is 12.6. The van der Waals surface area contributed by atoms with Gasteiger partial charge < -0.3 is 11.5 Å². The van der Waals surface area contributed by atoms with E-state index in [1.165, 1.54) is 24.8 Å². The maximum atomic E-state index is 6.12. The lowest BCUT2D eigenvalue weighted by Crippen LogP contribution is -2.27. The van der Waals surface area contributed by atoms with E-state index < -0.39 is 0 Å². The average molecular weight is 232 g/mol. The lowest BCUT2D eigenvalue weighted by Gasteiger charge is -2.39. The van der Waals surface area contributed by atoms with Crippen LogP contribution in [0, 0.1) is 11.3 Å². The molecule has 0 aliphatic heterocycles. The molecule has 0 heterocycles. The van der Waals surface area contributed by atoms with Crippen molar-refractivity contribution in [1.29, 1.82) is 0 Å². The van der Waals surface area contributed by atoms with Gasteiger partial charge in [-0.25, -0.2) is 0 Å². The van der Waals surface area contributed by atoms with Crippen molar-refractivity contribution in [1.82, 2.24) is 0 Å². The Morgan fingerprint density at radius 3 is 2.53 bits per heavy atom. The standard InChI is InChI=1S/C15H24N2/c1-10-7-11(9-15(2,3)8-10)12-5-4-6-13(16)14(12)17/h4-6,10-11H,7-9,16-17H2,1-3H3/t10-,11+/m1/s1. The fraction of sp³-hybridized carbons (Fsp3) is 0.600. The summed E-state index contributed by atoms with van der Waals surface area (Å²) in [5, 5.41) is 0. The summed E-state index contributed by atoms with van der Waals surface area (Å²) in [6.45, 7) is 7.06. The molecule has 0 bridgehead atoms. The third-order valence-corrected chi connectivity index (χ3v) is 4.00. The van der Waals surface area contributed by atoms with Crippen LogP contribution in [0.15, 0.2) is 18.2 Å². The van der Waals surface area contributed by atoms with Crippen molar-refractivity contribution in [2.75, 3.05) is 11.5 Å². The van der Waals surface area contributed by atoms with Crippen LogP contribution >= 0.6 is 0 Å². The Bertz CT molecular complexity index is 409. The molecule has 0 spiro atoms.